The van der Waals surface area contributed by atoms with Gasteiger partial charge >= 0.3 is 0 Å². The minimum atomic E-state index is -0.370. The lowest BCUT2D eigenvalue weighted by atomic mass is 10.2. The fourth-order valence-electron chi connectivity index (χ4n) is 2.89. The molecule has 0 aliphatic heterocycles. The van der Waals surface area contributed by atoms with E-state index >= 15 is 0 Å². The maximum absolute atomic E-state index is 12.2. The van der Waals surface area contributed by atoms with Crippen molar-refractivity contribution in [2.75, 3.05) is 0 Å². The SMILES string of the molecule is Cc1ccc(-n2c(C)cc(/C=N\NC(=O)c3ccc(I)c(O)c3)c2C)cc1. The van der Waals surface area contributed by atoms with Crippen molar-refractivity contribution in [3.8, 4) is 11.4 Å². The third-order valence-electron chi connectivity index (χ3n) is 4.34. The smallest absolute Gasteiger partial charge is 0.271 e. The van der Waals surface area contributed by atoms with Crippen LogP contribution in [-0.2, 0) is 0 Å². The molecule has 3 rings (SSSR count). The predicted molar refractivity (Wildman–Crippen MR) is 116 cm³/mol. The van der Waals surface area contributed by atoms with Gasteiger partial charge in [0.2, 0.25) is 0 Å². The van der Waals surface area contributed by atoms with Crippen LogP contribution in [0.25, 0.3) is 5.69 Å². The Kier molecular flexibility index (Phi) is 5.65. The Morgan fingerprint density at radius 3 is 2.48 bits per heavy atom. The summed E-state index contributed by atoms with van der Waals surface area (Å²) in [7, 11) is 0. The molecule has 0 aliphatic rings. The number of rotatable bonds is 4. The Balaban J connectivity index is 1.77. The molecule has 2 aromatic carbocycles. The number of hydrogen-bond acceptors (Lipinski definition) is 3. The molecule has 1 aromatic heterocycles. The van der Waals surface area contributed by atoms with E-state index in [-0.39, 0.29) is 11.7 Å². The van der Waals surface area contributed by atoms with Crippen molar-refractivity contribution in [1.29, 1.82) is 0 Å². The molecular weight excluding hydrogens is 453 g/mol. The van der Waals surface area contributed by atoms with Crippen LogP contribution in [-0.4, -0.2) is 21.8 Å². The summed E-state index contributed by atoms with van der Waals surface area (Å²) in [6.07, 6.45) is 1.64. The molecule has 0 saturated heterocycles. The van der Waals surface area contributed by atoms with Gasteiger partial charge in [0, 0.05) is 28.2 Å². The molecular formula is C21H20IN3O2. The molecule has 0 fully saturated rings. The molecule has 0 spiro atoms. The van der Waals surface area contributed by atoms with Crippen LogP contribution in [0.2, 0.25) is 0 Å². The highest BCUT2D eigenvalue weighted by molar-refractivity contribution is 14.1. The number of benzene rings is 2. The average molecular weight is 473 g/mol. The summed E-state index contributed by atoms with van der Waals surface area (Å²) in [4.78, 5) is 12.2. The molecule has 5 nitrogen and oxygen atoms in total. The van der Waals surface area contributed by atoms with Gasteiger partial charge in [0.25, 0.3) is 5.91 Å². The number of carbonyl (C=O) groups is 1. The molecule has 0 bridgehead atoms. The summed E-state index contributed by atoms with van der Waals surface area (Å²) in [6, 6.07) is 15.1. The maximum atomic E-state index is 12.2. The van der Waals surface area contributed by atoms with Crippen molar-refractivity contribution < 1.29 is 9.90 Å². The van der Waals surface area contributed by atoms with Gasteiger partial charge in [-0.15, -0.1) is 0 Å². The van der Waals surface area contributed by atoms with E-state index in [4.69, 9.17) is 0 Å². The highest BCUT2D eigenvalue weighted by Crippen LogP contribution is 2.21. The third kappa shape index (κ3) is 4.21. The molecule has 0 atom stereocenters. The predicted octanol–water partition coefficient (Wildman–Crippen LogP) is 4.48. The van der Waals surface area contributed by atoms with Gasteiger partial charge in [-0.1, -0.05) is 17.7 Å². The quantitative estimate of drug-likeness (QED) is 0.334. The van der Waals surface area contributed by atoms with Crippen LogP contribution in [0.4, 0.5) is 0 Å². The number of halogens is 1. The summed E-state index contributed by atoms with van der Waals surface area (Å²) in [6.45, 7) is 6.12. The van der Waals surface area contributed by atoms with Crippen LogP contribution in [0.5, 0.6) is 5.75 Å². The molecule has 0 saturated carbocycles. The van der Waals surface area contributed by atoms with E-state index in [1.54, 1.807) is 18.3 Å². The van der Waals surface area contributed by atoms with Crippen molar-refractivity contribution in [3.05, 3.63) is 80.2 Å². The summed E-state index contributed by atoms with van der Waals surface area (Å²) in [5.41, 5.74) is 8.23. The Morgan fingerprint density at radius 2 is 1.81 bits per heavy atom. The fraction of sp³-hybridized carbons (Fsp3) is 0.143. The van der Waals surface area contributed by atoms with E-state index in [0.717, 1.165) is 22.6 Å². The Morgan fingerprint density at radius 1 is 1.11 bits per heavy atom. The Labute approximate surface area is 171 Å². The number of aromatic hydroxyl groups is 1. The molecule has 6 heteroatoms. The van der Waals surface area contributed by atoms with Gasteiger partial charge in [-0.05, 0) is 79.8 Å². The summed E-state index contributed by atoms with van der Waals surface area (Å²) in [5, 5.41) is 13.8. The minimum Gasteiger partial charge on any atom is -0.507 e. The highest BCUT2D eigenvalue weighted by Gasteiger charge is 2.10. The fourth-order valence-corrected chi connectivity index (χ4v) is 3.22. The van der Waals surface area contributed by atoms with Gasteiger partial charge < -0.3 is 9.67 Å². The number of aromatic nitrogens is 1. The van der Waals surface area contributed by atoms with E-state index in [9.17, 15) is 9.90 Å². The molecule has 1 amide bonds. The van der Waals surface area contributed by atoms with E-state index < -0.39 is 0 Å². The van der Waals surface area contributed by atoms with E-state index in [2.05, 4.69) is 46.3 Å². The van der Waals surface area contributed by atoms with Gasteiger partial charge in [0.05, 0.1) is 9.78 Å². The van der Waals surface area contributed by atoms with Crippen LogP contribution in [0.1, 0.15) is 32.9 Å². The van der Waals surface area contributed by atoms with Gasteiger partial charge in [-0.25, -0.2) is 5.43 Å². The van der Waals surface area contributed by atoms with Crippen molar-refractivity contribution in [3.63, 3.8) is 0 Å². The van der Waals surface area contributed by atoms with Crippen LogP contribution < -0.4 is 5.43 Å². The second kappa shape index (κ2) is 7.96. The first-order valence-electron chi connectivity index (χ1n) is 8.44. The van der Waals surface area contributed by atoms with Crippen molar-refractivity contribution >= 4 is 34.7 Å². The van der Waals surface area contributed by atoms with E-state index in [0.29, 0.717) is 9.13 Å². The second-order valence-electron chi connectivity index (χ2n) is 6.36. The lowest BCUT2D eigenvalue weighted by Gasteiger charge is -2.09. The largest absolute Gasteiger partial charge is 0.507 e. The van der Waals surface area contributed by atoms with E-state index in [1.807, 2.05) is 42.5 Å². The number of nitrogens with zero attached hydrogens (tertiary/aromatic N) is 2. The summed E-state index contributed by atoms with van der Waals surface area (Å²) in [5.74, 6) is -0.292. The number of phenolic OH excluding ortho intramolecular Hbond substituents is 1. The van der Waals surface area contributed by atoms with Gasteiger partial charge in [-0.3, -0.25) is 4.79 Å². The molecule has 27 heavy (non-hydrogen) atoms. The normalized spacial score (nSPS) is 11.1. The van der Waals surface area contributed by atoms with Crippen LogP contribution >= 0.6 is 22.6 Å². The number of carbonyl (C=O) groups excluding carboxylic acids is 1. The highest BCUT2D eigenvalue weighted by atomic mass is 127. The van der Waals surface area contributed by atoms with Crippen LogP contribution in [0.3, 0.4) is 0 Å². The third-order valence-corrected chi connectivity index (χ3v) is 5.25. The zero-order chi connectivity index (χ0) is 19.6. The monoisotopic (exact) mass is 473 g/mol. The molecule has 0 unspecified atom stereocenters. The van der Waals surface area contributed by atoms with Crippen molar-refractivity contribution in [2.24, 2.45) is 5.10 Å². The number of aryl methyl sites for hydroxylation is 2. The lowest BCUT2D eigenvalue weighted by molar-refractivity contribution is 0.0954. The topological polar surface area (TPSA) is 66.6 Å². The number of phenols is 1. The number of amides is 1. The summed E-state index contributed by atoms with van der Waals surface area (Å²) >= 11 is 2.00. The molecule has 2 N–H and O–H groups in total. The number of hydrogen-bond donors (Lipinski definition) is 2. The molecule has 3 aromatic rings. The molecule has 1 heterocycles. The number of hydrazone groups is 1. The van der Waals surface area contributed by atoms with Crippen molar-refractivity contribution in [1.82, 2.24) is 9.99 Å². The van der Waals surface area contributed by atoms with Gasteiger partial charge in [0.15, 0.2) is 0 Å². The zero-order valence-electron chi connectivity index (χ0n) is 15.3. The van der Waals surface area contributed by atoms with Crippen LogP contribution in [0, 0.1) is 24.3 Å². The average Bonchev–Trinajstić information content (AvgIpc) is 2.92. The first-order chi connectivity index (χ1) is 12.9. The Hall–Kier alpha value is -2.61. The Bertz CT molecular complexity index is 1020. The second-order valence-corrected chi connectivity index (χ2v) is 7.52. The minimum absolute atomic E-state index is 0.0777. The van der Waals surface area contributed by atoms with Gasteiger partial charge in [-0.2, -0.15) is 5.10 Å². The first kappa shape index (κ1) is 19.2. The van der Waals surface area contributed by atoms with Gasteiger partial charge in [0.1, 0.15) is 5.75 Å². The van der Waals surface area contributed by atoms with Crippen LogP contribution in [0.15, 0.2) is 53.6 Å². The standard InChI is InChI=1S/C21H20IN3O2/c1-13-4-7-18(8-5-13)25-14(2)10-17(15(25)3)12-23-24-21(27)16-6-9-19(22)20(26)11-16/h4-12,26H,1-3H3,(H,24,27)/b23-12-. The zero-order valence-corrected chi connectivity index (χ0v) is 17.5. The van der Waals surface area contributed by atoms with E-state index in [1.165, 1.54) is 11.6 Å². The molecule has 0 radical (unpaired) electrons. The molecule has 0 aliphatic carbocycles. The van der Waals surface area contributed by atoms with Crippen molar-refractivity contribution in [2.45, 2.75) is 20.8 Å². The lowest BCUT2D eigenvalue weighted by Crippen LogP contribution is -2.17. The summed E-state index contributed by atoms with van der Waals surface area (Å²) < 4.78 is 2.84. The maximum Gasteiger partial charge on any atom is 0.271 e. The first-order valence-corrected chi connectivity index (χ1v) is 9.52. The number of nitrogens with one attached hydrogen (secondary N) is 1. The molecule has 138 valence electrons.